The highest BCUT2D eigenvalue weighted by atomic mass is 16.1. The van der Waals surface area contributed by atoms with Gasteiger partial charge in [0, 0.05) is 18.5 Å². The summed E-state index contributed by atoms with van der Waals surface area (Å²) in [4.78, 5) is 18.9. The zero-order valence-corrected chi connectivity index (χ0v) is 14.2. The van der Waals surface area contributed by atoms with Gasteiger partial charge in [-0.3, -0.25) is 4.79 Å². The fourth-order valence-corrected chi connectivity index (χ4v) is 3.57. The van der Waals surface area contributed by atoms with Crippen LogP contribution in [0.15, 0.2) is 18.2 Å². The molecule has 1 N–H and O–H groups in total. The highest BCUT2D eigenvalue weighted by Crippen LogP contribution is 2.30. The topological polar surface area (TPSA) is 62.5 Å². The summed E-state index contributed by atoms with van der Waals surface area (Å²) < 4.78 is 1.83. The van der Waals surface area contributed by atoms with Crippen LogP contribution in [0.4, 0.5) is 5.82 Å². The third-order valence-electron chi connectivity index (χ3n) is 5.22. The van der Waals surface area contributed by atoms with E-state index >= 15 is 0 Å². The highest BCUT2D eigenvalue weighted by molar-refractivity contribution is 5.84. The molecule has 128 valence electrons. The van der Waals surface area contributed by atoms with Gasteiger partial charge in [-0.1, -0.05) is 6.07 Å². The maximum absolute atomic E-state index is 12.0. The predicted octanol–water partition coefficient (Wildman–Crippen LogP) is 2.15. The van der Waals surface area contributed by atoms with Crippen molar-refractivity contribution < 1.29 is 4.79 Å². The maximum Gasteiger partial charge on any atom is 0.159 e. The highest BCUT2D eigenvalue weighted by Gasteiger charge is 2.30. The number of rotatable bonds is 7. The van der Waals surface area contributed by atoms with Crippen molar-refractivity contribution in [3.8, 4) is 0 Å². The van der Waals surface area contributed by atoms with E-state index in [1.807, 2.05) is 22.7 Å². The number of fused-ring (bicyclic) bond motifs is 1. The normalized spacial score (nSPS) is 21.5. The average molecular weight is 327 g/mol. The molecule has 0 radical (unpaired) electrons. The summed E-state index contributed by atoms with van der Waals surface area (Å²) in [5, 5.41) is 8.03. The molecule has 1 saturated heterocycles. The summed E-state index contributed by atoms with van der Waals surface area (Å²) in [5.41, 5.74) is 0.802. The van der Waals surface area contributed by atoms with E-state index in [9.17, 15) is 4.79 Å². The van der Waals surface area contributed by atoms with Gasteiger partial charge in [-0.15, -0.1) is 5.10 Å². The number of pyridine rings is 1. The zero-order valence-electron chi connectivity index (χ0n) is 14.2. The van der Waals surface area contributed by atoms with E-state index in [0.29, 0.717) is 18.3 Å². The van der Waals surface area contributed by atoms with E-state index in [1.165, 1.54) is 19.4 Å². The number of Topliss-reactive ketones (excluding diaryl/α,β-unsaturated/α-hetero) is 1. The van der Waals surface area contributed by atoms with Crippen LogP contribution in [0.25, 0.3) is 5.65 Å². The van der Waals surface area contributed by atoms with Crippen molar-refractivity contribution in [3.05, 3.63) is 24.0 Å². The monoisotopic (exact) mass is 327 g/mol. The van der Waals surface area contributed by atoms with Crippen molar-refractivity contribution in [2.45, 2.75) is 44.6 Å². The molecule has 1 aliphatic heterocycles. The number of nitrogens with one attached hydrogen (secondary N) is 1. The molecule has 6 nitrogen and oxygen atoms in total. The number of hydrogen-bond donors (Lipinski definition) is 1. The molecule has 1 atom stereocenters. The molecule has 1 aliphatic carbocycles. The molecule has 6 heteroatoms. The summed E-state index contributed by atoms with van der Waals surface area (Å²) in [6, 6.07) is 6.63. The lowest BCUT2D eigenvalue weighted by Gasteiger charge is -2.19. The second kappa shape index (κ2) is 6.51. The van der Waals surface area contributed by atoms with Crippen LogP contribution in [0.1, 0.15) is 37.9 Å². The van der Waals surface area contributed by atoms with Crippen LogP contribution < -0.4 is 5.32 Å². The number of carbonyl (C=O) groups is 1. The lowest BCUT2D eigenvalue weighted by atomic mass is 10.1. The van der Waals surface area contributed by atoms with E-state index in [1.54, 1.807) is 0 Å². The van der Waals surface area contributed by atoms with Gasteiger partial charge in [0.2, 0.25) is 0 Å². The van der Waals surface area contributed by atoms with Crippen LogP contribution in [0.5, 0.6) is 0 Å². The van der Waals surface area contributed by atoms with Gasteiger partial charge >= 0.3 is 0 Å². The Balaban J connectivity index is 1.42. The molecular formula is C18H25N5O. The maximum atomic E-state index is 12.0. The predicted molar refractivity (Wildman–Crippen MR) is 93.2 cm³/mol. The largest absolute Gasteiger partial charge is 0.370 e. The molecule has 3 heterocycles. The molecule has 2 fully saturated rings. The van der Waals surface area contributed by atoms with Crippen molar-refractivity contribution in [2.24, 2.45) is 5.92 Å². The Bertz CT molecular complexity index is 736. The molecule has 2 aliphatic rings. The SMILES string of the molecule is CN1CCCC1CCNc1cccc2nc(CC(=O)C3CC3)nn12. The molecule has 1 saturated carbocycles. The van der Waals surface area contributed by atoms with Crippen LogP contribution in [-0.2, 0) is 11.2 Å². The number of hydrogen-bond acceptors (Lipinski definition) is 5. The number of carbonyl (C=O) groups excluding carboxylic acids is 1. The van der Waals surface area contributed by atoms with Gasteiger partial charge < -0.3 is 10.2 Å². The summed E-state index contributed by atoms with van der Waals surface area (Å²) >= 11 is 0. The molecule has 0 bridgehead atoms. The van der Waals surface area contributed by atoms with Crippen LogP contribution in [0, 0.1) is 5.92 Å². The first-order chi connectivity index (χ1) is 11.7. The van der Waals surface area contributed by atoms with Crippen molar-refractivity contribution in [1.82, 2.24) is 19.5 Å². The third kappa shape index (κ3) is 3.29. The third-order valence-corrected chi connectivity index (χ3v) is 5.22. The van der Waals surface area contributed by atoms with Crippen molar-refractivity contribution in [3.63, 3.8) is 0 Å². The van der Waals surface area contributed by atoms with Crippen LogP contribution in [-0.4, -0.2) is 51.5 Å². The Kier molecular flexibility index (Phi) is 4.22. The number of nitrogens with zero attached hydrogens (tertiary/aromatic N) is 4. The van der Waals surface area contributed by atoms with E-state index in [-0.39, 0.29) is 11.7 Å². The van der Waals surface area contributed by atoms with Crippen LogP contribution in [0.2, 0.25) is 0 Å². The molecule has 2 aromatic heterocycles. The Morgan fingerprint density at radius 3 is 2.96 bits per heavy atom. The lowest BCUT2D eigenvalue weighted by Crippen LogP contribution is -2.27. The molecule has 1 unspecified atom stereocenters. The molecule has 0 spiro atoms. The molecule has 0 amide bonds. The van der Waals surface area contributed by atoms with E-state index in [0.717, 1.165) is 37.3 Å². The number of anilines is 1. The second-order valence-corrected chi connectivity index (χ2v) is 7.12. The Morgan fingerprint density at radius 1 is 1.33 bits per heavy atom. The fraction of sp³-hybridized carbons (Fsp3) is 0.611. The molecular weight excluding hydrogens is 302 g/mol. The Labute approximate surface area is 142 Å². The fourth-order valence-electron chi connectivity index (χ4n) is 3.57. The number of likely N-dealkylation sites (tertiary alicyclic amines) is 1. The van der Waals surface area contributed by atoms with Crippen molar-refractivity contribution in [2.75, 3.05) is 25.5 Å². The van der Waals surface area contributed by atoms with Crippen molar-refractivity contribution in [1.29, 1.82) is 0 Å². The van der Waals surface area contributed by atoms with Gasteiger partial charge in [0.15, 0.2) is 11.5 Å². The van der Waals surface area contributed by atoms with Gasteiger partial charge in [0.1, 0.15) is 11.6 Å². The van der Waals surface area contributed by atoms with E-state index in [2.05, 4.69) is 27.3 Å². The first-order valence-electron chi connectivity index (χ1n) is 9.02. The zero-order chi connectivity index (χ0) is 16.5. The van der Waals surface area contributed by atoms with Gasteiger partial charge in [-0.25, -0.2) is 4.98 Å². The smallest absolute Gasteiger partial charge is 0.159 e. The molecule has 4 rings (SSSR count). The summed E-state index contributed by atoms with van der Waals surface area (Å²) in [5.74, 6) is 2.13. The first kappa shape index (κ1) is 15.6. The minimum absolute atomic E-state index is 0.262. The van der Waals surface area contributed by atoms with Gasteiger partial charge in [-0.05, 0) is 57.8 Å². The first-order valence-corrected chi connectivity index (χ1v) is 9.02. The number of aromatic nitrogens is 3. The van der Waals surface area contributed by atoms with Crippen molar-refractivity contribution >= 4 is 17.2 Å². The average Bonchev–Trinajstić information content (AvgIpc) is 3.23. The van der Waals surface area contributed by atoms with Gasteiger partial charge in [0.05, 0.1) is 6.42 Å². The van der Waals surface area contributed by atoms with E-state index in [4.69, 9.17) is 0 Å². The van der Waals surface area contributed by atoms with E-state index < -0.39 is 0 Å². The lowest BCUT2D eigenvalue weighted by molar-refractivity contribution is -0.119. The molecule has 0 aromatic carbocycles. The minimum atomic E-state index is 0.262. The van der Waals surface area contributed by atoms with Crippen LogP contribution >= 0.6 is 0 Å². The Morgan fingerprint density at radius 2 is 2.21 bits per heavy atom. The standard InChI is InChI=1S/C18H25N5O/c1-22-11-3-4-14(22)9-10-19-17-5-2-6-18-20-16(21-23(17)18)12-15(24)13-7-8-13/h2,5-6,13-14,19H,3-4,7-12H2,1H3. The van der Waals surface area contributed by atoms with Gasteiger partial charge in [-0.2, -0.15) is 4.52 Å². The van der Waals surface area contributed by atoms with Crippen LogP contribution in [0.3, 0.4) is 0 Å². The summed E-state index contributed by atoms with van der Waals surface area (Å²) in [6.45, 7) is 2.13. The minimum Gasteiger partial charge on any atom is -0.370 e. The summed E-state index contributed by atoms with van der Waals surface area (Å²) in [7, 11) is 2.21. The second-order valence-electron chi connectivity index (χ2n) is 7.12. The van der Waals surface area contributed by atoms with Gasteiger partial charge in [0.25, 0.3) is 0 Å². The molecule has 24 heavy (non-hydrogen) atoms. The number of ketones is 1. The Hall–Kier alpha value is -1.95. The summed E-state index contributed by atoms with van der Waals surface area (Å²) in [6.07, 6.45) is 6.16. The molecule has 2 aromatic rings. The quantitative estimate of drug-likeness (QED) is 0.844.